The van der Waals surface area contributed by atoms with E-state index in [1.807, 2.05) is 127 Å². The number of carbonyl (C=O) groups is 4. The highest BCUT2D eigenvalue weighted by molar-refractivity contribution is 7.99. The van der Waals surface area contributed by atoms with E-state index in [-0.39, 0.29) is 30.5 Å². The predicted molar refractivity (Wildman–Crippen MR) is 270 cm³/mol. The van der Waals surface area contributed by atoms with E-state index in [0.29, 0.717) is 28.0 Å². The molecule has 9 unspecified atom stereocenters. The van der Waals surface area contributed by atoms with Gasteiger partial charge in [0.2, 0.25) is 0 Å². The highest BCUT2D eigenvalue weighted by Gasteiger charge is 2.52. The molecule has 15 nitrogen and oxygen atoms in total. The normalized spacial score (nSPS) is 22.8. The SMILES string of the molecule is CC(=O)OCC1OC(CC(=S)Nc2cccc(C3OC(CSc4nc(-c5ccccc5)c(-c5ccccc5)o4)C(c4ccccc4)C(c4ccc(CO)cc4)O3)c2)C(OC(C)=O)C(OC(C)=O)C1OC(C)=O. The summed E-state index contributed by atoms with van der Waals surface area (Å²) in [6.07, 6.45) is -8.03. The number of esters is 4. The molecular weight excluding hydrogens is 961 g/mol. The molecular formula is C55H54N2O13S2. The molecule has 8 rings (SSSR count). The van der Waals surface area contributed by atoms with Gasteiger partial charge in [0.15, 0.2) is 30.4 Å². The molecule has 0 spiro atoms. The molecule has 2 aliphatic rings. The standard InChI is InChI=1S/C55H54N2O13S2/c1-32(59)63-30-44-52(65-34(3)61)53(66-35(4)62)51(64-33(2)60)43(67-44)28-46(71)56-42-22-14-21-41(27-42)54-68-45(47(37-15-8-5-9-16-37)49(69-54)40-25-23-36(29-58)24-26-40)31-72-55-57-48(38-17-10-6-11-18-38)50(70-55)39-19-12-7-13-20-39/h5-27,43-45,47,49,51-54,58H,28-31H2,1-4H3,(H,56,71). The van der Waals surface area contributed by atoms with Crippen molar-refractivity contribution in [3.05, 3.63) is 162 Å². The molecule has 2 saturated heterocycles. The first-order valence-corrected chi connectivity index (χ1v) is 24.7. The Bertz CT molecular complexity index is 2760. The van der Waals surface area contributed by atoms with Crippen LogP contribution in [0.4, 0.5) is 5.69 Å². The zero-order valence-electron chi connectivity index (χ0n) is 39.9. The molecule has 2 fully saturated rings. The molecule has 17 heteroatoms. The van der Waals surface area contributed by atoms with Gasteiger partial charge in [0.25, 0.3) is 5.22 Å². The lowest BCUT2D eigenvalue weighted by molar-refractivity contribution is -0.255. The second kappa shape index (κ2) is 24.1. The molecule has 6 aromatic rings. The molecule has 72 heavy (non-hydrogen) atoms. The van der Waals surface area contributed by atoms with Crippen molar-refractivity contribution < 1.29 is 61.9 Å². The number of thiocarbonyl (C=S) groups is 1. The lowest BCUT2D eigenvalue weighted by atomic mass is 9.84. The fraction of sp³-hybridized carbons (Fsp3) is 0.309. The number of rotatable bonds is 17. The Labute approximate surface area is 426 Å². The van der Waals surface area contributed by atoms with Crippen molar-refractivity contribution in [2.45, 2.75) is 101 Å². The van der Waals surface area contributed by atoms with Crippen LogP contribution in [0.25, 0.3) is 22.6 Å². The number of aromatic nitrogens is 1. The summed E-state index contributed by atoms with van der Waals surface area (Å²) < 4.78 is 49.0. The van der Waals surface area contributed by atoms with Crippen LogP contribution in [0.3, 0.4) is 0 Å². The summed E-state index contributed by atoms with van der Waals surface area (Å²) in [7, 11) is 0. The lowest BCUT2D eigenvalue weighted by Gasteiger charge is -2.44. The maximum atomic E-state index is 12.5. The molecule has 2 aliphatic heterocycles. The Kier molecular flexibility index (Phi) is 17.3. The number of thioether (sulfide) groups is 1. The van der Waals surface area contributed by atoms with E-state index in [0.717, 1.165) is 47.4 Å². The first kappa shape index (κ1) is 51.6. The Morgan fingerprint density at radius 3 is 1.86 bits per heavy atom. The molecule has 0 bridgehead atoms. The number of anilines is 1. The zero-order chi connectivity index (χ0) is 50.7. The Balaban J connectivity index is 1.09. The number of hydrogen-bond acceptors (Lipinski definition) is 16. The van der Waals surface area contributed by atoms with Gasteiger partial charge in [-0.05, 0) is 28.8 Å². The molecule has 0 aliphatic carbocycles. The average Bonchev–Trinajstić information content (AvgIpc) is 3.81. The quantitative estimate of drug-likeness (QED) is 0.0380. The molecule has 1 aromatic heterocycles. The molecule has 0 radical (unpaired) electrons. The summed E-state index contributed by atoms with van der Waals surface area (Å²) in [5.74, 6) is -2.03. The highest BCUT2D eigenvalue weighted by Crippen LogP contribution is 2.49. The maximum Gasteiger partial charge on any atom is 0.303 e. The van der Waals surface area contributed by atoms with Gasteiger partial charge >= 0.3 is 23.9 Å². The van der Waals surface area contributed by atoms with Gasteiger partial charge in [0.1, 0.15) is 24.5 Å². The van der Waals surface area contributed by atoms with Gasteiger partial charge in [-0.1, -0.05) is 151 Å². The van der Waals surface area contributed by atoms with Crippen LogP contribution in [0, 0.1) is 0 Å². The monoisotopic (exact) mass is 1010 g/mol. The minimum Gasteiger partial charge on any atom is -0.463 e. The van der Waals surface area contributed by atoms with Crippen LogP contribution < -0.4 is 5.32 Å². The third-order valence-corrected chi connectivity index (χ3v) is 13.1. The summed E-state index contributed by atoms with van der Waals surface area (Å²) >= 11 is 7.34. The number of oxazole rings is 1. The molecule has 3 heterocycles. The number of hydrogen-bond donors (Lipinski definition) is 2. The second-order valence-electron chi connectivity index (χ2n) is 17.2. The number of carbonyl (C=O) groups excluding carboxylic acids is 4. The van der Waals surface area contributed by atoms with Gasteiger partial charge in [-0.15, -0.1) is 0 Å². The van der Waals surface area contributed by atoms with Crippen molar-refractivity contribution in [1.29, 1.82) is 0 Å². The Hall–Kier alpha value is -6.73. The van der Waals surface area contributed by atoms with Crippen molar-refractivity contribution >= 4 is 58.5 Å². The molecule has 0 amide bonds. The topological polar surface area (TPSA) is 191 Å². The lowest BCUT2D eigenvalue weighted by Crippen LogP contribution is -2.62. The van der Waals surface area contributed by atoms with Crippen molar-refractivity contribution in [1.82, 2.24) is 4.98 Å². The van der Waals surface area contributed by atoms with E-state index in [4.69, 9.17) is 54.8 Å². The number of ether oxygens (including phenoxy) is 7. The molecule has 374 valence electrons. The number of benzene rings is 5. The number of nitrogens with one attached hydrogen (secondary N) is 1. The van der Waals surface area contributed by atoms with Crippen LogP contribution in [0.15, 0.2) is 149 Å². The first-order chi connectivity index (χ1) is 34.8. The molecule has 9 atom stereocenters. The Morgan fingerprint density at radius 1 is 0.639 bits per heavy atom. The van der Waals surface area contributed by atoms with Gasteiger partial charge in [-0.25, -0.2) is 4.98 Å². The second-order valence-corrected chi connectivity index (χ2v) is 18.7. The van der Waals surface area contributed by atoms with E-state index < -0.39 is 72.9 Å². The summed E-state index contributed by atoms with van der Waals surface area (Å²) in [5, 5.41) is 13.7. The van der Waals surface area contributed by atoms with Crippen molar-refractivity contribution in [3.63, 3.8) is 0 Å². The van der Waals surface area contributed by atoms with Gasteiger partial charge in [0.05, 0.1) is 23.8 Å². The third kappa shape index (κ3) is 13.0. The summed E-state index contributed by atoms with van der Waals surface area (Å²) in [4.78, 5) is 54.4. The minimum absolute atomic E-state index is 0.0716. The summed E-state index contributed by atoms with van der Waals surface area (Å²) in [6, 6.07) is 45.0. The number of aliphatic hydroxyl groups is 1. The predicted octanol–water partition coefficient (Wildman–Crippen LogP) is 9.49. The fourth-order valence-electron chi connectivity index (χ4n) is 8.88. The van der Waals surface area contributed by atoms with Crippen LogP contribution in [0.1, 0.15) is 74.7 Å². The van der Waals surface area contributed by atoms with E-state index >= 15 is 0 Å². The smallest absolute Gasteiger partial charge is 0.303 e. The van der Waals surface area contributed by atoms with E-state index in [9.17, 15) is 24.3 Å². The van der Waals surface area contributed by atoms with Crippen LogP contribution in [0.5, 0.6) is 0 Å². The van der Waals surface area contributed by atoms with Gasteiger partial charge in [-0.2, -0.15) is 0 Å². The van der Waals surface area contributed by atoms with Crippen LogP contribution in [-0.2, 0) is 58.9 Å². The van der Waals surface area contributed by atoms with Crippen molar-refractivity contribution in [3.8, 4) is 22.6 Å². The van der Waals surface area contributed by atoms with Crippen molar-refractivity contribution in [2.24, 2.45) is 0 Å². The zero-order valence-corrected chi connectivity index (χ0v) is 41.5. The largest absolute Gasteiger partial charge is 0.463 e. The van der Waals surface area contributed by atoms with Gasteiger partial charge in [0, 0.05) is 68.2 Å². The molecule has 0 saturated carbocycles. The maximum absolute atomic E-state index is 12.5. The van der Waals surface area contributed by atoms with Crippen LogP contribution >= 0.6 is 24.0 Å². The molecule has 5 aromatic carbocycles. The minimum atomic E-state index is -1.33. The average molecular weight is 1020 g/mol. The van der Waals surface area contributed by atoms with Gasteiger partial charge in [-0.3, -0.25) is 19.2 Å². The number of aliphatic hydroxyl groups excluding tert-OH is 1. The fourth-order valence-corrected chi connectivity index (χ4v) is 10.1. The Morgan fingerprint density at radius 2 is 1.24 bits per heavy atom. The summed E-state index contributed by atoms with van der Waals surface area (Å²) in [5.41, 5.74) is 6.44. The van der Waals surface area contributed by atoms with Crippen LogP contribution in [0.2, 0.25) is 0 Å². The van der Waals surface area contributed by atoms with E-state index in [1.165, 1.54) is 25.6 Å². The first-order valence-electron chi connectivity index (χ1n) is 23.3. The van der Waals surface area contributed by atoms with E-state index in [2.05, 4.69) is 17.4 Å². The van der Waals surface area contributed by atoms with Gasteiger partial charge < -0.3 is 48.0 Å². The molecule has 2 N–H and O–H groups in total. The number of nitrogens with zero attached hydrogens (tertiary/aromatic N) is 1. The van der Waals surface area contributed by atoms with Crippen molar-refractivity contribution in [2.75, 3.05) is 17.7 Å². The summed E-state index contributed by atoms with van der Waals surface area (Å²) in [6.45, 7) is 4.24. The third-order valence-electron chi connectivity index (χ3n) is 11.9. The highest BCUT2D eigenvalue weighted by atomic mass is 32.2. The van der Waals surface area contributed by atoms with Crippen LogP contribution in [-0.4, -0.2) is 87.9 Å². The van der Waals surface area contributed by atoms with E-state index in [1.54, 1.807) is 0 Å².